The molecule has 1 fully saturated rings. The van der Waals surface area contributed by atoms with E-state index >= 15 is 0 Å². The van der Waals surface area contributed by atoms with Gasteiger partial charge in [0.2, 0.25) is 0 Å². The van der Waals surface area contributed by atoms with E-state index in [1.165, 1.54) is 5.56 Å². The molecule has 1 aliphatic rings. The summed E-state index contributed by atoms with van der Waals surface area (Å²) in [6.07, 6.45) is -1.02. The minimum atomic E-state index is -1.15. The molecule has 3 aromatic carbocycles. The summed E-state index contributed by atoms with van der Waals surface area (Å²) in [4.78, 5) is 26.5. The lowest BCUT2D eigenvalue weighted by Gasteiger charge is -2.26. The van der Waals surface area contributed by atoms with Gasteiger partial charge in [0.15, 0.2) is 0 Å². The first-order valence-electron chi connectivity index (χ1n) is 11.4. The highest BCUT2D eigenvalue weighted by Crippen LogP contribution is 2.32. The summed E-state index contributed by atoms with van der Waals surface area (Å²) >= 11 is 0. The molecule has 2 atom stereocenters. The van der Waals surface area contributed by atoms with Crippen LogP contribution >= 0.6 is 0 Å². The van der Waals surface area contributed by atoms with Crippen molar-refractivity contribution in [3.05, 3.63) is 102 Å². The number of benzene rings is 3. The van der Waals surface area contributed by atoms with Crippen molar-refractivity contribution >= 4 is 11.9 Å². The van der Waals surface area contributed by atoms with Crippen LogP contribution in [0.3, 0.4) is 0 Å². The lowest BCUT2D eigenvalue weighted by molar-refractivity contribution is -0.132. The number of β-amino-alcohol motifs (C(OH)–C–C–N with tert-alkyl or cyclic N) is 1. The van der Waals surface area contributed by atoms with Crippen molar-refractivity contribution in [3.63, 3.8) is 0 Å². The van der Waals surface area contributed by atoms with Gasteiger partial charge in [0.1, 0.15) is 24.0 Å². The van der Waals surface area contributed by atoms with E-state index in [4.69, 9.17) is 4.74 Å². The number of hydrogen-bond donors (Lipinski definition) is 2. The van der Waals surface area contributed by atoms with Crippen molar-refractivity contribution in [2.24, 2.45) is 0 Å². The standard InChI is InChI=1S/C28H30N2O4/c1-27(2,20-10-6-4-7-11-20)21-14-16-24(17-15-21)34-19-23(31)18-30-25(32)28(3,29-26(30)33)22-12-8-5-9-13-22/h4-17,23,31H,18-19H2,1-3H3,(H,29,33). The van der Waals surface area contributed by atoms with Gasteiger partial charge in [-0.1, -0.05) is 86.6 Å². The van der Waals surface area contributed by atoms with Crippen molar-refractivity contribution in [1.82, 2.24) is 10.2 Å². The van der Waals surface area contributed by atoms with Crippen molar-refractivity contribution in [3.8, 4) is 5.75 Å². The molecule has 2 N–H and O–H groups in total. The molecule has 0 saturated carbocycles. The predicted molar refractivity (Wildman–Crippen MR) is 131 cm³/mol. The summed E-state index contributed by atoms with van der Waals surface area (Å²) in [5.41, 5.74) is 1.75. The van der Waals surface area contributed by atoms with Crippen LogP contribution in [-0.2, 0) is 15.7 Å². The van der Waals surface area contributed by atoms with Gasteiger partial charge in [0.05, 0.1) is 6.54 Å². The largest absolute Gasteiger partial charge is 0.491 e. The van der Waals surface area contributed by atoms with Gasteiger partial charge in [-0.2, -0.15) is 0 Å². The maximum Gasteiger partial charge on any atom is 0.325 e. The summed E-state index contributed by atoms with van der Waals surface area (Å²) in [6, 6.07) is 26.6. The van der Waals surface area contributed by atoms with Gasteiger partial charge in [0, 0.05) is 5.41 Å². The van der Waals surface area contributed by atoms with Crippen LogP contribution in [0.1, 0.15) is 37.5 Å². The number of aliphatic hydroxyl groups is 1. The van der Waals surface area contributed by atoms with Gasteiger partial charge >= 0.3 is 6.03 Å². The minimum Gasteiger partial charge on any atom is -0.491 e. The van der Waals surface area contributed by atoms with Gasteiger partial charge < -0.3 is 15.2 Å². The molecule has 34 heavy (non-hydrogen) atoms. The molecule has 1 heterocycles. The Hall–Kier alpha value is -3.64. The minimum absolute atomic E-state index is 0.0411. The molecule has 0 aliphatic carbocycles. The summed E-state index contributed by atoms with van der Waals surface area (Å²) in [5, 5.41) is 13.2. The molecular formula is C28H30N2O4. The second-order valence-corrected chi connectivity index (χ2v) is 9.32. The SMILES string of the molecule is CC1(c2ccccc2)NC(=O)N(CC(O)COc2ccc(C(C)(C)c3ccccc3)cc2)C1=O. The van der Waals surface area contributed by atoms with Crippen molar-refractivity contribution in [2.75, 3.05) is 13.2 Å². The van der Waals surface area contributed by atoms with E-state index in [2.05, 4.69) is 31.3 Å². The number of hydrogen-bond acceptors (Lipinski definition) is 4. The molecule has 4 rings (SSSR count). The van der Waals surface area contributed by atoms with Crippen molar-refractivity contribution < 1.29 is 19.4 Å². The van der Waals surface area contributed by atoms with Crippen molar-refractivity contribution in [1.29, 1.82) is 0 Å². The fraction of sp³-hybridized carbons (Fsp3) is 0.286. The average molecular weight is 459 g/mol. The fourth-order valence-electron chi connectivity index (χ4n) is 4.28. The number of carbonyl (C=O) groups is 2. The van der Waals surface area contributed by atoms with Gasteiger partial charge in [0.25, 0.3) is 5.91 Å². The number of urea groups is 1. The Morgan fingerprint density at radius 3 is 2.09 bits per heavy atom. The van der Waals surface area contributed by atoms with E-state index in [0.717, 1.165) is 10.5 Å². The van der Waals surface area contributed by atoms with E-state index in [1.807, 2.05) is 60.7 Å². The van der Waals surface area contributed by atoms with Crippen LogP contribution in [0.25, 0.3) is 0 Å². The third-order valence-electron chi connectivity index (χ3n) is 6.53. The summed E-state index contributed by atoms with van der Waals surface area (Å²) < 4.78 is 5.74. The van der Waals surface area contributed by atoms with Gasteiger partial charge in [-0.15, -0.1) is 0 Å². The molecule has 0 aromatic heterocycles. The Kier molecular flexibility index (Phi) is 6.44. The van der Waals surface area contributed by atoms with Gasteiger partial charge in [-0.3, -0.25) is 9.69 Å². The number of nitrogens with zero attached hydrogens (tertiary/aromatic N) is 1. The Bertz CT molecular complexity index is 1150. The lowest BCUT2D eigenvalue weighted by atomic mass is 9.78. The van der Waals surface area contributed by atoms with E-state index in [9.17, 15) is 14.7 Å². The van der Waals surface area contributed by atoms with Crippen LogP contribution < -0.4 is 10.1 Å². The first-order chi connectivity index (χ1) is 16.2. The van der Waals surface area contributed by atoms with Crippen LogP contribution in [-0.4, -0.2) is 41.2 Å². The summed E-state index contributed by atoms with van der Waals surface area (Å²) in [6.45, 7) is 5.82. The molecular weight excluding hydrogens is 428 g/mol. The second kappa shape index (κ2) is 9.31. The number of nitrogens with one attached hydrogen (secondary N) is 1. The molecule has 0 spiro atoms. The van der Waals surface area contributed by atoms with Gasteiger partial charge in [-0.25, -0.2) is 4.79 Å². The Morgan fingerprint density at radius 1 is 0.912 bits per heavy atom. The van der Waals surface area contributed by atoms with Crippen LogP contribution in [0, 0.1) is 0 Å². The summed E-state index contributed by atoms with van der Waals surface area (Å²) in [7, 11) is 0. The number of aliphatic hydroxyl groups excluding tert-OH is 1. The van der Waals surface area contributed by atoms with E-state index in [-0.39, 0.29) is 18.6 Å². The quantitative estimate of drug-likeness (QED) is 0.496. The highest BCUT2D eigenvalue weighted by atomic mass is 16.5. The highest BCUT2D eigenvalue weighted by Gasteiger charge is 2.49. The maximum absolute atomic E-state index is 13.0. The second-order valence-electron chi connectivity index (χ2n) is 9.32. The average Bonchev–Trinajstić information content (AvgIpc) is 3.08. The third kappa shape index (κ3) is 4.54. The molecule has 1 saturated heterocycles. The zero-order chi connectivity index (χ0) is 24.3. The molecule has 6 heteroatoms. The zero-order valence-corrected chi connectivity index (χ0v) is 19.7. The number of ether oxygens (including phenoxy) is 1. The number of amides is 3. The van der Waals surface area contributed by atoms with E-state index in [1.54, 1.807) is 19.1 Å². The monoisotopic (exact) mass is 458 g/mol. The van der Waals surface area contributed by atoms with Crippen molar-refractivity contribution in [2.45, 2.75) is 37.8 Å². The number of carbonyl (C=O) groups excluding carboxylic acids is 2. The normalized spacial score (nSPS) is 19.1. The summed E-state index contributed by atoms with van der Waals surface area (Å²) in [5.74, 6) is 0.216. The molecule has 176 valence electrons. The predicted octanol–water partition coefficient (Wildman–Crippen LogP) is 4.22. The first-order valence-corrected chi connectivity index (χ1v) is 11.4. The first kappa shape index (κ1) is 23.5. The van der Waals surface area contributed by atoms with Gasteiger partial charge in [-0.05, 0) is 35.7 Å². The molecule has 2 unspecified atom stereocenters. The van der Waals surface area contributed by atoms with Crippen LogP contribution in [0.15, 0.2) is 84.9 Å². The topological polar surface area (TPSA) is 78.9 Å². The van der Waals surface area contributed by atoms with E-state index < -0.39 is 23.6 Å². The number of imide groups is 1. The molecule has 3 amide bonds. The van der Waals surface area contributed by atoms with Crippen LogP contribution in [0.4, 0.5) is 4.79 Å². The maximum atomic E-state index is 13.0. The molecule has 0 bridgehead atoms. The number of rotatable bonds is 8. The lowest BCUT2D eigenvalue weighted by Crippen LogP contribution is -2.42. The third-order valence-corrected chi connectivity index (χ3v) is 6.53. The zero-order valence-electron chi connectivity index (χ0n) is 19.7. The van der Waals surface area contributed by atoms with Crippen LogP contribution in [0.5, 0.6) is 5.75 Å². The smallest absolute Gasteiger partial charge is 0.325 e. The molecule has 6 nitrogen and oxygen atoms in total. The Labute approximate surface area is 200 Å². The Morgan fingerprint density at radius 2 is 1.47 bits per heavy atom. The fourth-order valence-corrected chi connectivity index (χ4v) is 4.28. The van der Waals surface area contributed by atoms with Crippen LogP contribution in [0.2, 0.25) is 0 Å². The highest BCUT2D eigenvalue weighted by molar-refractivity contribution is 6.07. The molecule has 1 aliphatic heterocycles. The molecule has 3 aromatic rings. The van der Waals surface area contributed by atoms with E-state index in [0.29, 0.717) is 11.3 Å². The Balaban J connectivity index is 1.36. The molecule has 0 radical (unpaired) electrons.